The van der Waals surface area contributed by atoms with E-state index in [1.807, 2.05) is 0 Å². The molecule has 0 spiro atoms. The van der Waals surface area contributed by atoms with Crippen molar-refractivity contribution < 1.29 is 39.1 Å². The average molecular weight is 340 g/mol. The number of benzene rings is 1. The first-order chi connectivity index (χ1) is 11.6. The third kappa shape index (κ3) is 8.45. The van der Waals surface area contributed by atoms with Gasteiger partial charge in [-0.1, -0.05) is 81.9 Å². The fourth-order valence-electron chi connectivity index (χ4n) is 4.49. The van der Waals surface area contributed by atoms with Gasteiger partial charge in [0.2, 0.25) is 0 Å². The van der Waals surface area contributed by atoms with Crippen LogP contribution in [-0.2, 0) is 6.42 Å². The fourth-order valence-corrected chi connectivity index (χ4v) is 4.49. The van der Waals surface area contributed by atoms with Gasteiger partial charge in [-0.3, -0.25) is 0 Å². The molecule has 0 aliphatic heterocycles. The second-order valence-electron chi connectivity index (χ2n) is 8.10. The van der Waals surface area contributed by atoms with Gasteiger partial charge in [0, 0.05) is 0 Å². The normalized spacial score (nSPS) is 24.9. The zero-order valence-electron chi connectivity index (χ0n) is 19.2. The summed E-state index contributed by atoms with van der Waals surface area (Å²) >= 11 is 0. The number of rotatable bonds is 1. The van der Waals surface area contributed by atoms with Crippen LogP contribution >= 0.6 is 0 Å². The Balaban J connectivity index is 0. The Hall–Kier alpha value is 0.155. The Labute approximate surface area is 188 Å². The van der Waals surface area contributed by atoms with Crippen LogP contribution in [0.5, 0.6) is 0 Å². The largest absolute Gasteiger partial charge is 1.00 e. The van der Waals surface area contributed by atoms with E-state index < -0.39 is 0 Å². The van der Waals surface area contributed by atoms with Crippen molar-refractivity contribution in [3.05, 3.63) is 47.9 Å². The summed E-state index contributed by atoms with van der Waals surface area (Å²) in [5.41, 5.74) is 4.35. The number of fused-ring (bicyclic) bond motifs is 2. The molecule has 3 aliphatic carbocycles. The molecule has 2 unspecified atom stereocenters. The van der Waals surface area contributed by atoms with Crippen molar-refractivity contribution in [1.82, 2.24) is 0 Å². The summed E-state index contributed by atoms with van der Waals surface area (Å²) < 4.78 is 0. The Kier molecular flexibility index (Phi) is 14.3. The van der Waals surface area contributed by atoms with Crippen LogP contribution in [0.3, 0.4) is 0 Å². The maximum Gasteiger partial charge on any atom is 1.00 e. The van der Waals surface area contributed by atoms with Gasteiger partial charge in [0.15, 0.2) is 0 Å². The predicted molar refractivity (Wildman–Crippen MR) is 109 cm³/mol. The maximum absolute atomic E-state index is 3.60. The summed E-state index contributed by atoms with van der Waals surface area (Å²) in [4.78, 5) is 0. The van der Waals surface area contributed by atoms with E-state index in [2.05, 4.69) is 58.0 Å². The first kappa shape index (κ1) is 26.2. The number of hydrogen-bond acceptors (Lipinski definition) is 0. The molecule has 3 aliphatic rings. The molecule has 1 aromatic rings. The van der Waals surface area contributed by atoms with Crippen molar-refractivity contribution in [3.63, 3.8) is 0 Å². The molecule has 0 radical (unpaired) electrons. The van der Waals surface area contributed by atoms with E-state index in [1.54, 1.807) is 25.7 Å². The third-order valence-corrected chi connectivity index (χ3v) is 5.76. The van der Waals surface area contributed by atoms with Crippen molar-refractivity contribution in [3.8, 4) is 0 Å². The monoisotopic (exact) mass is 340 g/mol. The van der Waals surface area contributed by atoms with E-state index in [0.717, 1.165) is 30.6 Å². The first-order valence-electron chi connectivity index (χ1n) is 10.2. The Bertz CT molecular complexity index is 511. The second-order valence-corrected chi connectivity index (χ2v) is 8.10. The van der Waals surface area contributed by atoms with Crippen LogP contribution < -0.4 is 37.7 Å². The molecule has 2 saturated carbocycles. The van der Waals surface area contributed by atoms with Crippen LogP contribution in [0.4, 0.5) is 0 Å². The summed E-state index contributed by atoms with van der Waals surface area (Å²) in [6.07, 6.45) is 14.9. The molecule has 0 nitrogen and oxygen atoms in total. The Morgan fingerprint density at radius 2 is 1.58 bits per heavy atom. The van der Waals surface area contributed by atoms with E-state index in [1.165, 1.54) is 36.0 Å². The van der Waals surface area contributed by atoms with Crippen molar-refractivity contribution >= 4 is 6.08 Å². The van der Waals surface area contributed by atoms with Gasteiger partial charge < -0.3 is 8.35 Å². The minimum atomic E-state index is 0. The molecule has 0 bridgehead atoms. The fraction of sp³-hybridized carbons (Fsp3) is 0.625. The van der Waals surface area contributed by atoms with Crippen LogP contribution in [0, 0.1) is 24.7 Å². The number of hydrogen-bond donors (Lipinski definition) is 0. The van der Waals surface area contributed by atoms with Crippen LogP contribution in [0.15, 0.2) is 29.8 Å². The van der Waals surface area contributed by atoms with E-state index in [4.69, 9.17) is 0 Å². The van der Waals surface area contributed by atoms with E-state index >= 15 is 0 Å². The maximum atomic E-state index is 3.60. The van der Waals surface area contributed by atoms with Crippen molar-refractivity contribution in [2.24, 2.45) is 17.8 Å². The summed E-state index contributed by atoms with van der Waals surface area (Å²) in [7, 11) is 0. The number of allylic oxidation sites excluding steroid dienone is 1. The second kappa shape index (κ2) is 14.2. The molecular formula is C24H38Li2. The van der Waals surface area contributed by atoms with Crippen molar-refractivity contribution in [2.45, 2.75) is 78.6 Å². The molecule has 2 fully saturated rings. The van der Waals surface area contributed by atoms with E-state index in [0.29, 0.717) is 0 Å². The van der Waals surface area contributed by atoms with Gasteiger partial charge in [-0.2, -0.15) is 6.42 Å². The molecule has 0 aromatic heterocycles. The summed E-state index contributed by atoms with van der Waals surface area (Å²) in [5.74, 6) is 3.33. The Morgan fingerprint density at radius 3 is 2.08 bits per heavy atom. The predicted octanol–water partition coefficient (Wildman–Crippen LogP) is 1.61. The zero-order valence-corrected chi connectivity index (χ0v) is 18.2. The quantitative estimate of drug-likeness (QED) is 0.538. The standard InChI is InChI=1S/C10H18.C10H10.C4H9.2Li.H/c2*1-8-6-9-4-2-3-5-10(9)7-8;1-3-4-2;;;/h8-10H,2-7H2,1H3;2-6H,7H2,1H3;1,3-4H2,2H3;;;/q;;-1;2*+1;-1. The molecule has 0 amide bonds. The van der Waals surface area contributed by atoms with Gasteiger partial charge in [0.1, 0.15) is 0 Å². The molecule has 2 atom stereocenters. The minimum Gasteiger partial charge on any atom is -1.00 e. The smallest absolute Gasteiger partial charge is 1.00 e. The van der Waals surface area contributed by atoms with Gasteiger partial charge in [0.05, 0.1) is 0 Å². The van der Waals surface area contributed by atoms with E-state index in [9.17, 15) is 0 Å². The topological polar surface area (TPSA) is 0 Å². The van der Waals surface area contributed by atoms with Crippen molar-refractivity contribution in [1.29, 1.82) is 0 Å². The zero-order chi connectivity index (χ0) is 17.4. The Morgan fingerprint density at radius 1 is 1.04 bits per heavy atom. The van der Waals surface area contributed by atoms with Gasteiger partial charge in [-0.05, 0) is 55.1 Å². The summed E-state index contributed by atoms with van der Waals surface area (Å²) in [6.45, 7) is 10.3. The van der Waals surface area contributed by atoms with E-state index in [-0.39, 0.29) is 39.1 Å². The SMILES string of the molecule is CC1=Cc2ccccc2C1.CC1CC2CCCCC2C1.[CH2-]CCC.[H-].[Li+].[Li+]. The minimum absolute atomic E-state index is 0. The molecule has 0 saturated heterocycles. The van der Waals surface area contributed by atoms with Gasteiger partial charge in [0.25, 0.3) is 0 Å². The molecule has 1 aromatic carbocycles. The summed E-state index contributed by atoms with van der Waals surface area (Å²) in [5, 5.41) is 0. The molecular weight excluding hydrogens is 302 g/mol. The molecule has 2 heteroatoms. The molecule has 26 heavy (non-hydrogen) atoms. The summed E-state index contributed by atoms with van der Waals surface area (Å²) in [6, 6.07) is 8.56. The molecule has 4 rings (SSSR count). The van der Waals surface area contributed by atoms with Crippen LogP contribution in [0.1, 0.15) is 84.7 Å². The third-order valence-electron chi connectivity index (χ3n) is 5.76. The van der Waals surface area contributed by atoms with Crippen LogP contribution in [-0.4, -0.2) is 0 Å². The van der Waals surface area contributed by atoms with Crippen LogP contribution in [0.2, 0.25) is 0 Å². The molecule has 0 N–H and O–H groups in total. The average Bonchev–Trinajstić information content (AvgIpc) is 3.15. The number of unbranched alkanes of at least 4 members (excludes halogenated alkanes) is 1. The van der Waals surface area contributed by atoms with Gasteiger partial charge in [-0.15, -0.1) is 0 Å². The van der Waals surface area contributed by atoms with Gasteiger partial charge in [-0.25, -0.2) is 0 Å². The van der Waals surface area contributed by atoms with Crippen molar-refractivity contribution in [2.75, 3.05) is 0 Å². The molecule has 136 valence electrons. The first-order valence-corrected chi connectivity index (χ1v) is 10.2. The van der Waals surface area contributed by atoms with Crippen LogP contribution in [0.25, 0.3) is 6.08 Å². The molecule has 0 heterocycles. The van der Waals surface area contributed by atoms with Gasteiger partial charge >= 0.3 is 37.7 Å².